The van der Waals surface area contributed by atoms with E-state index in [1.807, 2.05) is 6.92 Å². The predicted octanol–water partition coefficient (Wildman–Crippen LogP) is 5.90. The van der Waals surface area contributed by atoms with Crippen LogP contribution in [0.4, 0.5) is 0 Å². The van der Waals surface area contributed by atoms with E-state index >= 15 is 0 Å². The van der Waals surface area contributed by atoms with Gasteiger partial charge in [0.15, 0.2) is 8.32 Å². The van der Waals surface area contributed by atoms with Gasteiger partial charge < -0.3 is 9.16 Å². The van der Waals surface area contributed by atoms with Gasteiger partial charge in [0.2, 0.25) is 0 Å². The van der Waals surface area contributed by atoms with Gasteiger partial charge in [0.1, 0.15) is 11.9 Å². The SMILES string of the molecule is C=C(OCC)[C@@H](O[Si](C)(C)C(C)(C)C)[C@@H](C)C=C(C)I. The molecule has 0 radical (unpaired) electrons. The van der Waals surface area contributed by atoms with E-state index in [1.165, 1.54) is 3.58 Å². The lowest BCUT2D eigenvalue weighted by Crippen LogP contribution is -2.46. The fraction of sp³-hybridized carbons (Fsp3) is 0.750. The lowest BCUT2D eigenvalue weighted by atomic mass is 10.0. The molecule has 0 rings (SSSR count). The Hall–Kier alpha value is 0.187. The molecule has 0 unspecified atom stereocenters. The first-order chi connectivity index (χ1) is 8.92. The molecule has 0 aromatic rings. The quantitative estimate of drug-likeness (QED) is 0.295. The zero-order valence-electron chi connectivity index (χ0n) is 14.3. The highest BCUT2D eigenvalue weighted by Crippen LogP contribution is 2.39. The normalized spacial score (nSPS) is 16.8. The summed E-state index contributed by atoms with van der Waals surface area (Å²) < 4.78 is 13.4. The van der Waals surface area contributed by atoms with Gasteiger partial charge in [-0.2, -0.15) is 0 Å². The van der Waals surface area contributed by atoms with E-state index in [2.05, 4.69) is 83.0 Å². The molecule has 118 valence electrons. The van der Waals surface area contributed by atoms with Crippen molar-refractivity contribution in [1.82, 2.24) is 0 Å². The van der Waals surface area contributed by atoms with E-state index in [-0.39, 0.29) is 17.1 Å². The van der Waals surface area contributed by atoms with Crippen LogP contribution in [0.5, 0.6) is 0 Å². The van der Waals surface area contributed by atoms with Crippen molar-refractivity contribution in [2.45, 2.75) is 65.8 Å². The van der Waals surface area contributed by atoms with Crippen molar-refractivity contribution in [1.29, 1.82) is 0 Å². The van der Waals surface area contributed by atoms with E-state index in [9.17, 15) is 0 Å². The minimum absolute atomic E-state index is 0.0689. The smallest absolute Gasteiger partial charge is 0.193 e. The Kier molecular flexibility index (Phi) is 8.06. The fourth-order valence-corrected chi connectivity index (χ4v) is 3.58. The van der Waals surface area contributed by atoms with Crippen LogP contribution in [0.1, 0.15) is 41.5 Å². The first-order valence-electron chi connectivity index (χ1n) is 7.25. The summed E-state index contributed by atoms with van der Waals surface area (Å²) in [6, 6.07) is 0. The molecule has 2 nitrogen and oxygen atoms in total. The number of hydrogen-bond acceptors (Lipinski definition) is 2. The van der Waals surface area contributed by atoms with Crippen LogP contribution < -0.4 is 0 Å². The minimum atomic E-state index is -1.85. The van der Waals surface area contributed by atoms with Crippen LogP contribution >= 0.6 is 22.6 Å². The average molecular weight is 410 g/mol. The molecule has 0 heterocycles. The summed E-state index contributed by atoms with van der Waals surface area (Å²) in [5.41, 5.74) is 0. The third kappa shape index (κ3) is 6.31. The molecular formula is C16H31IO2Si. The Labute approximate surface area is 140 Å². The van der Waals surface area contributed by atoms with Crippen molar-refractivity contribution in [3.05, 3.63) is 22.0 Å². The highest BCUT2D eigenvalue weighted by Gasteiger charge is 2.40. The summed E-state index contributed by atoms with van der Waals surface area (Å²) in [5.74, 6) is 1.01. The van der Waals surface area contributed by atoms with Crippen molar-refractivity contribution in [2.75, 3.05) is 6.61 Å². The maximum atomic E-state index is 6.55. The lowest BCUT2D eigenvalue weighted by molar-refractivity contribution is 0.0932. The zero-order chi connectivity index (χ0) is 16.1. The Balaban J connectivity index is 5.25. The van der Waals surface area contributed by atoms with Gasteiger partial charge in [-0.3, -0.25) is 0 Å². The molecule has 0 bridgehead atoms. The predicted molar refractivity (Wildman–Crippen MR) is 99.8 cm³/mol. The van der Waals surface area contributed by atoms with Gasteiger partial charge in [0.25, 0.3) is 0 Å². The van der Waals surface area contributed by atoms with Gasteiger partial charge >= 0.3 is 0 Å². The molecule has 0 aliphatic rings. The van der Waals surface area contributed by atoms with Crippen LogP contribution in [0.2, 0.25) is 18.1 Å². The molecule has 0 aliphatic heterocycles. The average Bonchev–Trinajstić information content (AvgIpc) is 2.23. The second kappa shape index (κ2) is 7.99. The van der Waals surface area contributed by atoms with Crippen molar-refractivity contribution in [2.24, 2.45) is 5.92 Å². The highest BCUT2D eigenvalue weighted by molar-refractivity contribution is 14.1. The third-order valence-corrected chi connectivity index (χ3v) is 8.66. The van der Waals surface area contributed by atoms with Crippen LogP contribution in [-0.4, -0.2) is 21.0 Å². The van der Waals surface area contributed by atoms with Gasteiger partial charge in [-0.25, -0.2) is 0 Å². The monoisotopic (exact) mass is 410 g/mol. The molecular weight excluding hydrogens is 379 g/mol. The molecule has 4 heteroatoms. The van der Waals surface area contributed by atoms with Crippen molar-refractivity contribution in [3.8, 4) is 0 Å². The van der Waals surface area contributed by atoms with Crippen molar-refractivity contribution < 1.29 is 9.16 Å². The van der Waals surface area contributed by atoms with Crippen molar-refractivity contribution >= 4 is 30.9 Å². The van der Waals surface area contributed by atoms with Gasteiger partial charge in [0, 0.05) is 5.92 Å². The number of rotatable bonds is 7. The molecule has 20 heavy (non-hydrogen) atoms. The molecule has 2 atom stereocenters. The Morgan fingerprint density at radius 1 is 1.35 bits per heavy atom. The molecule has 0 saturated carbocycles. The van der Waals surface area contributed by atoms with Crippen LogP contribution in [0.25, 0.3) is 0 Å². The molecule has 0 spiro atoms. The van der Waals surface area contributed by atoms with Crippen LogP contribution in [0.3, 0.4) is 0 Å². The van der Waals surface area contributed by atoms with Crippen LogP contribution in [0.15, 0.2) is 22.0 Å². The summed E-state index contributed by atoms with van der Waals surface area (Å²) in [5, 5.41) is 0.181. The van der Waals surface area contributed by atoms with E-state index in [4.69, 9.17) is 9.16 Å². The zero-order valence-corrected chi connectivity index (χ0v) is 17.5. The Morgan fingerprint density at radius 3 is 2.20 bits per heavy atom. The first-order valence-corrected chi connectivity index (χ1v) is 11.2. The maximum absolute atomic E-state index is 6.55. The standard InChI is InChI=1S/C16H31IO2Si/c1-10-18-14(4)15(12(2)11-13(3)17)19-20(8,9)16(5,6)7/h11-12,15H,4,10H2,1-3,5-9H3/t12-,15-/m0/s1. The lowest BCUT2D eigenvalue weighted by Gasteiger charge is -2.40. The minimum Gasteiger partial charge on any atom is -0.496 e. The van der Waals surface area contributed by atoms with E-state index < -0.39 is 8.32 Å². The number of allylic oxidation sites excluding steroid dienone is 1. The first kappa shape index (κ1) is 20.2. The number of ether oxygens (including phenoxy) is 1. The second-order valence-corrected chi connectivity index (χ2v) is 13.3. The molecule has 0 saturated heterocycles. The summed E-state index contributed by atoms with van der Waals surface area (Å²) in [6.07, 6.45) is 2.16. The summed E-state index contributed by atoms with van der Waals surface area (Å²) >= 11 is 2.34. The third-order valence-electron chi connectivity index (χ3n) is 3.84. The Morgan fingerprint density at radius 2 is 1.85 bits per heavy atom. The summed E-state index contributed by atoms with van der Waals surface area (Å²) in [4.78, 5) is 0. The van der Waals surface area contributed by atoms with E-state index in [0.29, 0.717) is 6.61 Å². The van der Waals surface area contributed by atoms with Crippen LogP contribution in [-0.2, 0) is 9.16 Å². The Bertz CT molecular complexity index is 352. The highest BCUT2D eigenvalue weighted by atomic mass is 127. The molecule has 0 aliphatic carbocycles. The van der Waals surface area contributed by atoms with Gasteiger partial charge in [-0.05, 0) is 58.2 Å². The molecule has 0 aromatic carbocycles. The second-order valence-electron chi connectivity index (χ2n) is 6.81. The maximum Gasteiger partial charge on any atom is 0.193 e. The number of halogens is 1. The molecule has 0 fully saturated rings. The van der Waals surface area contributed by atoms with Gasteiger partial charge in [-0.15, -0.1) is 0 Å². The topological polar surface area (TPSA) is 18.5 Å². The summed E-state index contributed by atoms with van der Waals surface area (Å²) in [7, 11) is -1.85. The van der Waals surface area contributed by atoms with Gasteiger partial charge in [-0.1, -0.05) is 40.3 Å². The van der Waals surface area contributed by atoms with Gasteiger partial charge in [0.05, 0.1) is 6.61 Å². The van der Waals surface area contributed by atoms with E-state index in [0.717, 1.165) is 5.76 Å². The summed E-state index contributed by atoms with van der Waals surface area (Å²) in [6.45, 7) is 22.3. The fourth-order valence-electron chi connectivity index (χ4n) is 1.68. The van der Waals surface area contributed by atoms with E-state index in [1.54, 1.807) is 0 Å². The number of hydrogen-bond donors (Lipinski definition) is 0. The molecule has 0 aromatic heterocycles. The molecule has 0 amide bonds. The van der Waals surface area contributed by atoms with Crippen molar-refractivity contribution in [3.63, 3.8) is 0 Å². The molecule has 0 N–H and O–H groups in total. The van der Waals surface area contributed by atoms with Crippen LogP contribution in [0, 0.1) is 5.92 Å². The largest absolute Gasteiger partial charge is 0.496 e.